The van der Waals surface area contributed by atoms with E-state index < -0.39 is 6.09 Å². The van der Waals surface area contributed by atoms with Crippen LogP contribution in [0.1, 0.15) is 49.7 Å². The number of hydrazine groups is 1. The van der Waals surface area contributed by atoms with Gasteiger partial charge in [0.2, 0.25) is 5.91 Å². The van der Waals surface area contributed by atoms with Crippen LogP contribution in [0.5, 0.6) is 0 Å². The molecular weight excluding hydrogens is 512 g/mol. The van der Waals surface area contributed by atoms with Gasteiger partial charge in [0.05, 0.1) is 12.2 Å². The van der Waals surface area contributed by atoms with E-state index in [1.54, 1.807) is 5.01 Å². The third-order valence-electron chi connectivity index (χ3n) is 7.78. The molecule has 1 saturated carbocycles. The Labute approximate surface area is 243 Å². The first-order valence-corrected chi connectivity index (χ1v) is 15.1. The van der Waals surface area contributed by atoms with E-state index in [0.29, 0.717) is 12.8 Å². The predicted molar refractivity (Wildman–Crippen MR) is 163 cm³/mol. The maximum Gasteiger partial charge on any atom is 0.429 e. The minimum Gasteiger partial charge on any atom is -0.446 e. The molecule has 1 saturated heterocycles. The summed E-state index contributed by atoms with van der Waals surface area (Å²) in [5.41, 5.74) is 5.24. The number of piperidine rings is 1. The fraction of sp³-hybridized carbons (Fsp3) is 0.412. The van der Waals surface area contributed by atoms with E-state index in [0.717, 1.165) is 73.7 Å². The van der Waals surface area contributed by atoms with E-state index in [2.05, 4.69) is 52.0 Å². The minimum atomic E-state index is -0.420. The van der Waals surface area contributed by atoms with Gasteiger partial charge in [-0.15, -0.1) is 0 Å². The average molecular weight is 555 g/mol. The summed E-state index contributed by atoms with van der Waals surface area (Å²) in [6.07, 6.45) is 6.61. The quantitative estimate of drug-likeness (QED) is 0.256. The molecule has 3 aromatic rings. The smallest absolute Gasteiger partial charge is 0.429 e. The molecule has 7 nitrogen and oxygen atoms in total. The number of benzene rings is 3. The lowest BCUT2D eigenvalue weighted by atomic mass is 10.0. The van der Waals surface area contributed by atoms with E-state index in [9.17, 15) is 9.59 Å². The highest BCUT2D eigenvalue weighted by Gasteiger charge is 2.28. The lowest BCUT2D eigenvalue weighted by Gasteiger charge is -2.37. The van der Waals surface area contributed by atoms with Crippen LogP contribution < -0.4 is 15.6 Å². The SMILES string of the molecule is O=C(CCc1ccc(CNCC2CC2)cc1)NCCOC(=O)N(c1ccccc1-c1ccccc1)N1CCCCC1. The Hall–Kier alpha value is -3.68. The standard InChI is InChI=1S/C34H42N4O3/c39-33(20-19-27-13-15-28(16-14-27)25-35-26-29-17-18-29)36-21-24-41-34(40)38(37-22-7-2-8-23-37)32-12-6-5-11-31(32)30-9-3-1-4-10-30/h1,3-6,9-16,29,35H,2,7-8,17-26H2,(H,36,39). The van der Waals surface area contributed by atoms with Crippen molar-refractivity contribution in [3.05, 3.63) is 90.0 Å². The van der Waals surface area contributed by atoms with Gasteiger partial charge in [0.1, 0.15) is 6.61 Å². The molecule has 0 bridgehead atoms. The fourth-order valence-electron chi connectivity index (χ4n) is 5.27. The Morgan fingerprint density at radius 2 is 1.56 bits per heavy atom. The largest absolute Gasteiger partial charge is 0.446 e. The summed E-state index contributed by atoms with van der Waals surface area (Å²) >= 11 is 0. The molecular formula is C34H42N4O3. The van der Waals surface area contributed by atoms with Crippen molar-refractivity contribution in [2.45, 2.75) is 51.5 Å². The van der Waals surface area contributed by atoms with E-state index in [-0.39, 0.29) is 19.1 Å². The van der Waals surface area contributed by atoms with Crippen molar-refractivity contribution in [3.63, 3.8) is 0 Å². The summed E-state index contributed by atoms with van der Waals surface area (Å²) in [5, 5.41) is 10.2. The van der Waals surface area contributed by atoms with Gasteiger partial charge in [-0.25, -0.2) is 14.8 Å². The van der Waals surface area contributed by atoms with Crippen molar-refractivity contribution >= 4 is 17.7 Å². The molecule has 41 heavy (non-hydrogen) atoms. The zero-order valence-corrected chi connectivity index (χ0v) is 23.9. The van der Waals surface area contributed by atoms with Gasteiger partial charge >= 0.3 is 6.09 Å². The molecule has 2 amide bonds. The maximum atomic E-state index is 13.5. The minimum absolute atomic E-state index is 0.0430. The molecule has 0 spiro atoms. The van der Waals surface area contributed by atoms with Crippen LogP contribution in [-0.4, -0.2) is 49.8 Å². The predicted octanol–water partition coefficient (Wildman–Crippen LogP) is 5.95. The number of ether oxygens (including phenoxy) is 1. The van der Waals surface area contributed by atoms with Gasteiger partial charge < -0.3 is 15.4 Å². The third kappa shape index (κ3) is 8.65. The van der Waals surface area contributed by atoms with Gasteiger partial charge in [-0.3, -0.25) is 4.79 Å². The van der Waals surface area contributed by atoms with Crippen LogP contribution in [0.15, 0.2) is 78.9 Å². The molecule has 1 aliphatic carbocycles. The number of nitrogens with zero attached hydrogens (tertiary/aromatic N) is 2. The van der Waals surface area contributed by atoms with E-state index in [1.165, 1.54) is 18.4 Å². The highest BCUT2D eigenvalue weighted by atomic mass is 16.6. The van der Waals surface area contributed by atoms with E-state index in [4.69, 9.17) is 4.74 Å². The first-order chi connectivity index (χ1) is 20.2. The van der Waals surface area contributed by atoms with Crippen molar-refractivity contribution in [3.8, 4) is 11.1 Å². The number of hydrogen-bond acceptors (Lipinski definition) is 5. The summed E-state index contributed by atoms with van der Waals surface area (Å²) < 4.78 is 5.70. The molecule has 0 radical (unpaired) electrons. The molecule has 0 atom stereocenters. The number of anilines is 1. The number of hydrogen-bond donors (Lipinski definition) is 2. The molecule has 2 aliphatic rings. The Morgan fingerprint density at radius 1 is 0.854 bits per heavy atom. The average Bonchev–Trinajstić information content (AvgIpc) is 3.85. The van der Waals surface area contributed by atoms with Gasteiger partial charge in [0, 0.05) is 31.6 Å². The highest BCUT2D eigenvalue weighted by Crippen LogP contribution is 2.33. The topological polar surface area (TPSA) is 73.9 Å². The van der Waals surface area contributed by atoms with E-state index >= 15 is 0 Å². The van der Waals surface area contributed by atoms with Gasteiger partial charge in [0.25, 0.3) is 0 Å². The maximum absolute atomic E-state index is 13.5. The molecule has 3 aromatic carbocycles. The third-order valence-corrected chi connectivity index (χ3v) is 7.78. The summed E-state index contributed by atoms with van der Waals surface area (Å²) in [4.78, 5) is 25.9. The Bertz CT molecular complexity index is 1250. The normalized spacial score (nSPS) is 15.3. The number of aryl methyl sites for hydroxylation is 1. The zero-order chi connectivity index (χ0) is 28.3. The van der Waals surface area contributed by atoms with Gasteiger partial charge in [-0.05, 0) is 67.3 Å². The molecule has 7 heteroatoms. The second-order valence-electron chi connectivity index (χ2n) is 11.1. The fourth-order valence-corrected chi connectivity index (χ4v) is 5.27. The van der Waals surface area contributed by atoms with Crippen molar-refractivity contribution in [2.24, 2.45) is 5.92 Å². The molecule has 2 N–H and O–H groups in total. The monoisotopic (exact) mass is 554 g/mol. The number of carbonyl (C=O) groups is 2. The van der Waals surface area contributed by atoms with Crippen LogP contribution in [-0.2, 0) is 22.5 Å². The second-order valence-corrected chi connectivity index (χ2v) is 11.1. The lowest BCUT2D eigenvalue weighted by Crippen LogP contribution is -2.50. The van der Waals surface area contributed by atoms with Crippen LogP contribution in [0.4, 0.5) is 10.5 Å². The summed E-state index contributed by atoms with van der Waals surface area (Å²) in [6.45, 7) is 3.99. The lowest BCUT2D eigenvalue weighted by molar-refractivity contribution is -0.121. The van der Waals surface area contributed by atoms with Crippen molar-refractivity contribution in [2.75, 3.05) is 37.8 Å². The second kappa shape index (κ2) is 14.8. The number of nitrogens with one attached hydrogen (secondary N) is 2. The molecule has 0 aromatic heterocycles. The van der Waals surface area contributed by atoms with Crippen LogP contribution in [0.3, 0.4) is 0 Å². The number of para-hydroxylation sites is 1. The summed E-state index contributed by atoms with van der Waals surface area (Å²) in [6, 6.07) is 26.5. The van der Waals surface area contributed by atoms with Crippen LogP contribution in [0, 0.1) is 5.92 Å². The Morgan fingerprint density at radius 3 is 2.32 bits per heavy atom. The van der Waals surface area contributed by atoms with Gasteiger partial charge in [0.15, 0.2) is 0 Å². The Kier molecular flexibility index (Phi) is 10.4. The zero-order valence-electron chi connectivity index (χ0n) is 23.9. The van der Waals surface area contributed by atoms with E-state index in [1.807, 2.05) is 42.5 Å². The van der Waals surface area contributed by atoms with Gasteiger partial charge in [-0.2, -0.15) is 0 Å². The van der Waals surface area contributed by atoms with Crippen LogP contribution in [0.25, 0.3) is 11.1 Å². The summed E-state index contributed by atoms with van der Waals surface area (Å²) in [5.74, 6) is 0.833. The molecule has 216 valence electrons. The van der Waals surface area contributed by atoms with Gasteiger partial charge in [-0.1, -0.05) is 79.2 Å². The Balaban J connectivity index is 1.10. The number of carbonyl (C=O) groups excluding carboxylic acids is 2. The van der Waals surface area contributed by atoms with Crippen molar-refractivity contribution in [1.29, 1.82) is 0 Å². The number of rotatable bonds is 13. The van der Waals surface area contributed by atoms with Crippen LogP contribution >= 0.6 is 0 Å². The molecule has 0 unspecified atom stereocenters. The molecule has 1 heterocycles. The first-order valence-electron chi connectivity index (χ1n) is 15.1. The molecule has 5 rings (SSSR count). The number of amides is 2. The first kappa shape index (κ1) is 28.8. The molecule has 1 aliphatic heterocycles. The summed E-state index contributed by atoms with van der Waals surface area (Å²) in [7, 11) is 0. The van der Waals surface area contributed by atoms with Crippen molar-refractivity contribution < 1.29 is 14.3 Å². The van der Waals surface area contributed by atoms with Crippen LogP contribution in [0.2, 0.25) is 0 Å². The molecule has 2 fully saturated rings. The highest BCUT2D eigenvalue weighted by molar-refractivity contribution is 5.93. The van der Waals surface area contributed by atoms with Crippen molar-refractivity contribution in [1.82, 2.24) is 15.6 Å².